The summed E-state index contributed by atoms with van der Waals surface area (Å²) in [6.07, 6.45) is 0.991. The Morgan fingerprint density at radius 3 is 2.52 bits per heavy atom. The summed E-state index contributed by atoms with van der Waals surface area (Å²) in [4.78, 5) is 2.31. The van der Waals surface area contributed by atoms with Crippen molar-refractivity contribution in [1.82, 2.24) is 4.90 Å². The average molecular weight is 296 g/mol. The van der Waals surface area contributed by atoms with Gasteiger partial charge in [0.05, 0.1) is 13.7 Å². The Kier molecular flexibility index (Phi) is 9.01. The molecule has 0 saturated carbocycles. The molecule has 0 heterocycles. The van der Waals surface area contributed by atoms with Crippen molar-refractivity contribution in [3.05, 3.63) is 29.8 Å². The Labute approximate surface area is 128 Å². The highest BCUT2D eigenvalue weighted by atomic mass is 16.5. The van der Waals surface area contributed by atoms with Crippen LogP contribution in [0.1, 0.15) is 18.0 Å². The lowest BCUT2D eigenvalue weighted by Gasteiger charge is -2.25. The van der Waals surface area contributed by atoms with E-state index < -0.39 is 0 Å². The van der Waals surface area contributed by atoms with Gasteiger partial charge in [0.2, 0.25) is 0 Å². The van der Waals surface area contributed by atoms with Crippen molar-refractivity contribution in [2.45, 2.75) is 12.5 Å². The molecule has 5 nitrogen and oxygen atoms in total. The van der Waals surface area contributed by atoms with Crippen molar-refractivity contribution in [3.63, 3.8) is 0 Å². The highest BCUT2D eigenvalue weighted by Gasteiger charge is 2.13. The summed E-state index contributed by atoms with van der Waals surface area (Å²) in [5.74, 6) is 0.839. The lowest BCUT2D eigenvalue weighted by molar-refractivity contribution is 0.129. The molecule has 1 rings (SSSR count). The molecule has 0 aliphatic rings. The Morgan fingerprint density at radius 2 is 1.86 bits per heavy atom. The van der Waals surface area contributed by atoms with E-state index in [0.717, 1.165) is 44.0 Å². The lowest BCUT2D eigenvalue weighted by Crippen LogP contribution is -2.35. The Hall–Kier alpha value is -1.14. The van der Waals surface area contributed by atoms with Gasteiger partial charge in [0.25, 0.3) is 0 Å². The summed E-state index contributed by atoms with van der Waals surface area (Å²) in [7, 11) is 5.11. The fourth-order valence-electron chi connectivity index (χ4n) is 2.20. The Balaban J connectivity index is 2.57. The minimum atomic E-state index is -0.0421. The standard InChI is InChI=1S/C16H28N2O3/c1-19-10-5-8-18(9-11-20-2)13-16(17)14-6-4-7-15(12-14)21-3/h4,6-7,12,16H,5,8-11,13,17H2,1-3H3. The summed E-state index contributed by atoms with van der Waals surface area (Å²) in [5.41, 5.74) is 7.41. The molecule has 0 aliphatic carbocycles. The van der Waals surface area contributed by atoms with Gasteiger partial charge in [-0.2, -0.15) is 0 Å². The Morgan fingerprint density at radius 1 is 1.10 bits per heavy atom. The molecule has 1 aromatic carbocycles. The third-order valence-corrected chi connectivity index (χ3v) is 3.41. The van der Waals surface area contributed by atoms with Gasteiger partial charge >= 0.3 is 0 Å². The molecule has 21 heavy (non-hydrogen) atoms. The first kappa shape index (κ1) is 17.9. The zero-order valence-electron chi connectivity index (χ0n) is 13.4. The zero-order chi connectivity index (χ0) is 15.5. The predicted octanol–water partition coefficient (Wildman–Crippen LogP) is 1.68. The van der Waals surface area contributed by atoms with Gasteiger partial charge in [0.1, 0.15) is 5.75 Å². The molecule has 1 atom stereocenters. The molecule has 1 aromatic rings. The monoisotopic (exact) mass is 296 g/mol. The third-order valence-electron chi connectivity index (χ3n) is 3.41. The fourth-order valence-corrected chi connectivity index (χ4v) is 2.20. The van der Waals surface area contributed by atoms with E-state index in [1.54, 1.807) is 21.3 Å². The van der Waals surface area contributed by atoms with Crippen LogP contribution in [-0.2, 0) is 9.47 Å². The molecular formula is C16H28N2O3. The fraction of sp³-hybridized carbons (Fsp3) is 0.625. The van der Waals surface area contributed by atoms with Crippen molar-refractivity contribution < 1.29 is 14.2 Å². The molecular weight excluding hydrogens is 268 g/mol. The van der Waals surface area contributed by atoms with E-state index in [1.807, 2.05) is 24.3 Å². The van der Waals surface area contributed by atoms with Crippen LogP contribution in [0.5, 0.6) is 5.75 Å². The molecule has 1 unspecified atom stereocenters. The summed E-state index contributed by atoms with van der Waals surface area (Å²) in [5, 5.41) is 0. The van der Waals surface area contributed by atoms with Crippen LogP contribution in [0.4, 0.5) is 0 Å². The van der Waals surface area contributed by atoms with Crippen LogP contribution in [0.3, 0.4) is 0 Å². The maximum atomic E-state index is 6.33. The van der Waals surface area contributed by atoms with Crippen molar-refractivity contribution in [1.29, 1.82) is 0 Å². The number of methoxy groups -OCH3 is 3. The smallest absolute Gasteiger partial charge is 0.119 e. The maximum absolute atomic E-state index is 6.33. The number of rotatable bonds is 11. The molecule has 0 amide bonds. The molecule has 120 valence electrons. The molecule has 0 radical (unpaired) electrons. The van der Waals surface area contributed by atoms with Crippen LogP contribution in [-0.4, -0.2) is 59.1 Å². The number of hydrogen-bond acceptors (Lipinski definition) is 5. The van der Waals surface area contributed by atoms with Crippen LogP contribution >= 0.6 is 0 Å². The Bertz CT molecular complexity index is 388. The number of hydrogen-bond donors (Lipinski definition) is 1. The zero-order valence-corrected chi connectivity index (χ0v) is 13.4. The largest absolute Gasteiger partial charge is 0.497 e. The molecule has 5 heteroatoms. The van der Waals surface area contributed by atoms with Crippen LogP contribution in [0.15, 0.2) is 24.3 Å². The normalized spacial score (nSPS) is 12.6. The van der Waals surface area contributed by atoms with Crippen molar-refractivity contribution in [3.8, 4) is 5.75 Å². The third kappa shape index (κ3) is 6.91. The van der Waals surface area contributed by atoms with Crippen LogP contribution < -0.4 is 10.5 Å². The average Bonchev–Trinajstić information content (AvgIpc) is 2.52. The summed E-state index contributed by atoms with van der Waals surface area (Å²) in [6, 6.07) is 7.89. The highest BCUT2D eigenvalue weighted by Crippen LogP contribution is 2.18. The van der Waals surface area contributed by atoms with E-state index in [-0.39, 0.29) is 6.04 Å². The van der Waals surface area contributed by atoms with Crippen molar-refractivity contribution in [2.24, 2.45) is 5.73 Å². The van der Waals surface area contributed by atoms with Gasteiger partial charge in [-0.3, -0.25) is 4.90 Å². The predicted molar refractivity (Wildman–Crippen MR) is 84.7 cm³/mol. The second-order valence-electron chi connectivity index (χ2n) is 5.02. The first-order valence-electron chi connectivity index (χ1n) is 7.31. The molecule has 2 N–H and O–H groups in total. The lowest BCUT2D eigenvalue weighted by atomic mass is 10.1. The molecule has 0 spiro atoms. The highest BCUT2D eigenvalue weighted by molar-refractivity contribution is 5.30. The number of nitrogens with two attached hydrogens (primary N) is 1. The molecule has 0 fully saturated rings. The minimum Gasteiger partial charge on any atom is -0.497 e. The summed E-state index contributed by atoms with van der Waals surface area (Å²) < 4.78 is 15.5. The first-order chi connectivity index (χ1) is 10.2. The maximum Gasteiger partial charge on any atom is 0.119 e. The molecule has 0 bridgehead atoms. The topological polar surface area (TPSA) is 57.0 Å². The second kappa shape index (κ2) is 10.6. The second-order valence-corrected chi connectivity index (χ2v) is 5.02. The SMILES string of the molecule is COCCCN(CCOC)CC(N)c1cccc(OC)c1. The van der Waals surface area contributed by atoms with E-state index in [2.05, 4.69) is 4.90 Å². The van der Waals surface area contributed by atoms with Gasteiger partial charge in [-0.25, -0.2) is 0 Å². The van der Waals surface area contributed by atoms with Gasteiger partial charge < -0.3 is 19.9 Å². The molecule has 0 aliphatic heterocycles. The van der Waals surface area contributed by atoms with Crippen LogP contribution in [0.25, 0.3) is 0 Å². The van der Waals surface area contributed by atoms with Crippen molar-refractivity contribution >= 4 is 0 Å². The summed E-state index contributed by atoms with van der Waals surface area (Å²) in [6.45, 7) is 4.09. The first-order valence-corrected chi connectivity index (χ1v) is 7.31. The van der Waals surface area contributed by atoms with Crippen LogP contribution in [0.2, 0.25) is 0 Å². The van der Waals surface area contributed by atoms with Crippen LogP contribution in [0, 0.1) is 0 Å². The number of nitrogens with zero attached hydrogens (tertiary/aromatic N) is 1. The van der Waals surface area contributed by atoms with Crippen molar-refractivity contribution in [2.75, 3.05) is 54.2 Å². The number of benzene rings is 1. The van der Waals surface area contributed by atoms with E-state index in [1.165, 1.54) is 0 Å². The number of ether oxygens (including phenoxy) is 3. The van der Waals surface area contributed by atoms with Gasteiger partial charge in [0, 0.05) is 46.5 Å². The molecule has 0 aromatic heterocycles. The van der Waals surface area contributed by atoms with Gasteiger partial charge in [-0.05, 0) is 24.1 Å². The van der Waals surface area contributed by atoms with E-state index in [0.29, 0.717) is 6.61 Å². The molecule has 0 saturated heterocycles. The van der Waals surface area contributed by atoms with E-state index in [9.17, 15) is 0 Å². The van der Waals surface area contributed by atoms with E-state index >= 15 is 0 Å². The van der Waals surface area contributed by atoms with Gasteiger partial charge in [0.15, 0.2) is 0 Å². The summed E-state index contributed by atoms with van der Waals surface area (Å²) >= 11 is 0. The van der Waals surface area contributed by atoms with Gasteiger partial charge in [-0.15, -0.1) is 0 Å². The van der Waals surface area contributed by atoms with Gasteiger partial charge in [-0.1, -0.05) is 12.1 Å². The quantitative estimate of drug-likeness (QED) is 0.630. The van der Waals surface area contributed by atoms with E-state index in [4.69, 9.17) is 19.9 Å². The minimum absolute atomic E-state index is 0.0421.